The molecule has 0 fully saturated rings. The number of hydrogen-bond donors (Lipinski definition) is 0. The number of methoxy groups -OCH3 is 1. The Morgan fingerprint density at radius 3 is 2.43 bits per heavy atom. The van der Waals surface area contributed by atoms with Gasteiger partial charge in [-0.1, -0.05) is 24.3 Å². The van der Waals surface area contributed by atoms with Crippen molar-refractivity contribution < 1.29 is 9.53 Å². The van der Waals surface area contributed by atoms with Crippen LogP contribution in [-0.4, -0.2) is 22.9 Å². The van der Waals surface area contributed by atoms with E-state index in [1.165, 1.54) is 0 Å². The molecule has 138 valence electrons. The summed E-state index contributed by atoms with van der Waals surface area (Å²) in [5.74, 6) is 0.450. The molecule has 0 aliphatic carbocycles. The van der Waals surface area contributed by atoms with Gasteiger partial charge in [-0.3, -0.25) is 14.8 Å². The van der Waals surface area contributed by atoms with E-state index in [1.54, 1.807) is 25.7 Å². The fourth-order valence-electron chi connectivity index (χ4n) is 3.45. The molecule has 4 aromatic rings. The Balaban J connectivity index is 1.74. The summed E-state index contributed by atoms with van der Waals surface area (Å²) in [6, 6.07) is 21.2. The Bertz CT molecular complexity index is 1090. The first-order chi connectivity index (χ1) is 13.8. The smallest absolute Gasteiger partial charge is 0.170 e. The van der Waals surface area contributed by atoms with Crippen molar-refractivity contribution in [1.82, 2.24) is 9.97 Å². The van der Waals surface area contributed by atoms with Crippen molar-refractivity contribution in [2.75, 3.05) is 7.11 Å². The van der Waals surface area contributed by atoms with E-state index in [0.29, 0.717) is 12.0 Å². The van der Waals surface area contributed by atoms with Crippen molar-refractivity contribution in [2.45, 2.75) is 12.3 Å². The molecule has 0 saturated carbocycles. The molecule has 4 rings (SSSR count). The van der Waals surface area contributed by atoms with Crippen LogP contribution in [0.3, 0.4) is 0 Å². The minimum atomic E-state index is -0.338. The molecule has 2 aromatic heterocycles. The van der Waals surface area contributed by atoms with E-state index in [0.717, 1.165) is 27.8 Å². The second kappa shape index (κ2) is 8.01. The summed E-state index contributed by atoms with van der Waals surface area (Å²) >= 11 is 0. The lowest BCUT2D eigenvalue weighted by molar-refractivity contribution is 0.0958. The van der Waals surface area contributed by atoms with E-state index in [9.17, 15) is 4.79 Å². The van der Waals surface area contributed by atoms with E-state index < -0.39 is 0 Å². The van der Waals surface area contributed by atoms with Crippen LogP contribution < -0.4 is 4.74 Å². The first-order valence-corrected chi connectivity index (χ1v) is 9.17. The Labute approximate surface area is 163 Å². The summed E-state index contributed by atoms with van der Waals surface area (Å²) in [6.07, 6.45) is 5.77. The quantitative estimate of drug-likeness (QED) is 0.457. The highest BCUT2D eigenvalue weighted by Crippen LogP contribution is 2.28. The first kappa shape index (κ1) is 17.9. The molecule has 0 amide bonds. The highest BCUT2D eigenvalue weighted by Gasteiger charge is 2.24. The van der Waals surface area contributed by atoms with E-state index in [4.69, 9.17) is 4.74 Å². The molecule has 0 radical (unpaired) electrons. The third kappa shape index (κ3) is 3.62. The normalized spacial score (nSPS) is 11.9. The van der Waals surface area contributed by atoms with Crippen LogP contribution in [0.15, 0.2) is 85.3 Å². The summed E-state index contributed by atoms with van der Waals surface area (Å²) in [4.78, 5) is 22.1. The standard InChI is InChI=1S/C24H20N2O2/c1-28-20-8-6-19(7-9-20)24(27)22(18-10-13-25-14-11-18)16-23-21-5-3-2-4-17(21)12-15-26-23/h2-15,22H,16H2,1H3. The fourth-order valence-corrected chi connectivity index (χ4v) is 3.45. The molecule has 1 unspecified atom stereocenters. The van der Waals surface area contributed by atoms with Gasteiger partial charge in [-0.2, -0.15) is 0 Å². The molecule has 2 aromatic carbocycles. The van der Waals surface area contributed by atoms with Gasteiger partial charge >= 0.3 is 0 Å². The number of ketones is 1. The predicted octanol–water partition coefficient (Wildman–Crippen LogP) is 4.85. The lowest BCUT2D eigenvalue weighted by atomic mass is 9.86. The molecule has 2 heterocycles. The monoisotopic (exact) mass is 368 g/mol. The molecule has 4 heteroatoms. The number of Topliss-reactive ketones (excluding diaryl/α,β-unsaturated/α-hetero) is 1. The van der Waals surface area contributed by atoms with Crippen molar-refractivity contribution >= 4 is 16.6 Å². The SMILES string of the molecule is COc1ccc(C(=O)C(Cc2nccc3ccccc23)c2ccncc2)cc1. The van der Waals surface area contributed by atoms with Gasteiger partial charge in [0.1, 0.15) is 5.75 Å². The van der Waals surface area contributed by atoms with Crippen molar-refractivity contribution in [1.29, 1.82) is 0 Å². The second-order valence-corrected chi connectivity index (χ2v) is 6.61. The molecular formula is C24H20N2O2. The lowest BCUT2D eigenvalue weighted by Crippen LogP contribution is -2.16. The van der Waals surface area contributed by atoms with Crippen molar-refractivity contribution in [3.8, 4) is 5.75 Å². The third-order valence-corrected chi connectivity index (χ3v) is 4.95. The van der Waals surface area contributed by atoms with Gasteiger partial charge in [0.25, 0.3) is 0 Å². The minimum absolute atomic E-state index is 0.0589. The summed E-state index contributed by atoms with van der Waals surface area (Å²) in [5, 5.41) is 2.20. The second-order valence-electron chi connectivity index (χ2n) is 6.61. The van der Waals surface area contributed by atoms with Crippen LogP contribution in [0.5, 0.6) is 5.75 Å². The van der Waals surface area contributed by atoms with Crippen molar-refractivity contribution in [2.24, 2.45) is 0 Å². The molecule has 0 aliphatic heterocycles. The lowest BCUT2D eigenvalue weighted by Gasteiger charge is -2.17. The van der Waals surface area contributed by atoms with Crippen LogP contribution >= 0.6 is 0 Å². The number of rotatable bonds is 6. The number of benzene rings is 2. The number of carbonyl (C=O) groups excluding carboxylic acids is 1. The van der Waals surface area contributed by atoms with Crippen LogP contribution in [0.25, 0.3) is 10.8 Å². The fraction of sp³-hybridized carbons (Fsp3) is 0.125. The van der Waals surface area contributed by atoms with E-state index in [1.807, 2.05) is 54.6 Å². The topological polar surface area (TPSA) is 52.1 Å². The molecule has 0 spiro atoms. The number of fused-ring (bicyclic) bond motifs is 1. The van der Waals surface area contributed by atoms with Gasteiger partial charge in [-0.25, -0.2) is 0 Å². The number of ether oxygens (including phenoxy) is 1. The first-order valence-electron chi connectivity index (χ1n) is 9.17. The van der Waals surface area contributed by atoms with E-state index in [2.05, 4.69) is 22.1 Å². The molecule has 4 nitrogen and oxygen atoms in total. The molecule has 28 heavy (non-hydrogen) atoms. The summed E-state index contributed by atoms with van der Waals surface area (Å²) in [5.41, 5.74) is 2.51. The Morgan fingerprint density at radius 1 is 0.929 bits per heavy atom. The maximum atomic E-state index is 13.4. The number of aromatic nitrogens is 2. The molecule has 0 bridgehead atoms. The third-order valence-electron chi connectivity index (χ3n) is 4.95. The average molecular weight is 368 g/mol. The number of hydrogen-bond acceptors (Lipinski definition) is 4. The Hall–Kier alpha value is -3.53. The molecular weight excluding hydrogens is 348 g/mol. The zero-order valence-electron chi connectivity index (χ0n) is 15.6. The van der Waals surface area contributed by atoms with Gasteiger partial charge < -0.3 is 4.74 Å². The summed E-state index contributed by atoms with van der Waals surface area (Å²) in [7, 11) is 1.61. The molecule has 1 atom stereocenters. The van der Waals surface area contributed by atoms with Crippen molar-refractivity contribution in [3.05, 3.63) is 102 Å². The predicted molar refractivity (Wildman–Crippen MR) is 110 cm³/mol. The van der Waals surface area contributed by atoms with Crippen LogP contribution in [0.1, 0.15) is 27.5 Å². The summed E-state index contributed by atoms with van der Waals surface area (Å²) in [6.45, 7) is 0. The van der Waals surface area contributed by atoms with Gasteiger partial charge in [0.15, 0.2) is 5.78 Å². The maximum absolute atomic E-state index is 13.4. The van der Waals surface area contributed by atoms with Gasteiger partial charge in [0.05, 0.1) is 13.0 Å². The van der Waals surface area contributed by atoms with Crippen molar-refractivity contribution in [3.63, 3.8) is 0 Å². The maximum Gasteiger partial charge on any atom is 0.170 e. The Kier molecular flexibility index (Phi) is 5.11. The largest absolute Gasteiger partial charge is 0.497 e. The average Bonchev–Trinajstić information content (AvgIpc) is 2.78. The molecule has 0 saturated heterocycles. The van der Waals surface area contributed by atoms with Gasteiger partial charge in [-0.15, -0.1) is 0 Å². The van der Waals surface area contributed by atoms with Gasteiger partial charge in [0.2, 0.25) is 0 Å². The molecule has 0 N–H and O–H groups in total. The summed E-state index contributed by atoms with van der Waals surface area (Å²) < 4.78 is 5.21. The number of nitrogens with zero attached hydrogens (tertiary/aromatic N) is 2. The highest BCUT2D eigenvalue weighted by molar-refractivity contribution is 6.01. The number of pyridine rings is 2. The Morgan fingerprint density at radius 2 is 1.68 bits per heavy atom. The van der Waals surface area contributed by atoms with Gasteiger partial charge in [0, 0.05) is 41.7 Å². The van der Waals surface area contributed by atoms with Crippen LogP contribution in [0, 0.1) is 0 Å². The zero-order chi connectivity index (χ0) is 19.3. The van der Waals surface area contributed by atoms with Crippen LogP contribution in [-0.2, 0) is 6.42 Å². The minimum Gasteiger partial charge on any atom is -0.497 e. The van der Waals surface area contributed by atoms with Crippen LogP contribution in [0.4, 0.5) is 0 Å². The highest BCUT2D eigenvalue weighted by atomic mass is 16.5. The van der Waals surface area contributed by atoms with E-state index >= 15 is 0 Å². The zero-order valence-corrected chi connectivity index (χ0v) is 15.6. The van der Waals surface area contributed by atoms with Crippen LogP contribution in [0.2, 0.25) is 0 Å². The number of carbonyl (C=O) groups is 1. The molecule has 0 aliphatic rings. The van der Waals surface area contributed by atoms with Gasteiger partial charge in [-0.05, 0) is 53.4 Å². The van der Waals surface area contributed by atoms with E-state index in [-0.39, 0.29) is 11.7 Å².